The number of hydrogen-bond acceptors (Lipinski definition) is 4. The summed E-state index contributed by atoms with van der Waals surface area (Å²) in [5.74, 6) is -0.535. The second-order valence-electron chi connectivity index (χ2n) is 6.25. The first-order chi connectivity index (χ1) is 13.6. The van der Waals surface area contributed by atoms with E-state index in [-0.39, 0.29) is 11.9 Å². The zero-order valence-corrected chi connectivity index (χ0v) is 16.0. The molecule has 138 valence electrons. The molecule has 0 saturated heterocycles. The third kappa shape index (κ3) is 3.66. The van der Waals surface area contributed by atoms with Gasteiger partial charge in [-0.1, -0.05) is 42.5 Å². The molecule has 0 saturated carbocycles. The average Bonchev–Trinajstić information content (AvgIpc) is 3.17. The first kappa shape index (κ1) is 17.9. The predicted molar refractivity (Wildman–Crippen MR) is 113 cm³/mol. The lowest BCUT2D eigenvalue weighted by atomic mass is 10.0. The van der Waals surface area contributed by atoms with Gasteiger partial charge in [0.25, 0.3) is 5.91 Å². The number of amides is 1. The summed E-state index contributed by atoms with van der Waals surface area (Å²) < 4.78 is 5.73. The number of methoxy groups -OCH3 is 1. The Hall–Kier alpha value is -3.44. The number of carbonyl (C=O) groups excluding carboxylic acids is 2. The average molecular weight is 387 g/mol. The van der Waals surface area contributed by atoms with Gasteiger partial charge in [0.05, 0.1) is 7.11 Å². The van der Waals surface area contributed by atoms with Crippen LogP contribution in [0.5, 0.6) is 0 Å². The normalized spacial score (nSPS) is 10.6. The topological polar surface area (TPSA) is 55.4 Å². The summed E-state index contributed by atoms with van der Waals surface area (Å²) in [6, 6.07) is 24.9. The third-order valence-electron chi connectivity index (χ3n) is 4.41. The lowest BCUT2D eigenvalue weighted by Crippen LogP contribution is -2.11. The Morgan fingerprint density at radius 1 is 0.857 bits per heavy atom. The van der Waals surface area contributed by atoms with Crippen molar-refractivity contribution in [2.45, 2.75) is 0 Å². The molecule has 4 rings (SSSR count). The monoisotopic (exact) mass is 387 g/mol. The van der Waals surface area contributed by atoms with Crippen molar-refractivity contribution in [1.29, 1.82) is 0 Å². The molecular weight excluding hydrogens is 370 g/mol. The highest BCUT2D eigenvalue weighted by Crippen LogP contribution is 2.29. The highest BCUT2D eigenvalue weighted by molar-refractivity contribution is 7.20. The van der Waals surface area contributed by atoms with Crippen LogP contribution >= 0.6 is 11.3 Å². The van der Waals surface area contributed by atoms with Crippen molar-refractivity contribution < 1.29 is 14.3 Å². The number of thiophene rings is 1. The molecular formula is C23H17NO3S. The first-order valence-electron chi connectivity index (χ1n) is 8.73. The van der Waals surface area contributed by atoms with Crippen molar-refractivity contribution >= 4 is 39.0 Å². The molecule has 0 bridgehead atoms. The van der Waals surface area contributed by atoms with Crippen LogP contribution in [0.3, 0.4) is 0 Å². The number of nitrogens with one attached hydrogen (secondary N) is 1. The molecule has 3 aromatic carbocycles. The highest BCUT2D eigenvalue weighted by Gasteiger charge is 2.12. The first-order valence-corrected chi connectivity index (χ1v) is 9.54. The van der Waals surface area contributed by atoms with Crippen LogP contribution in [0.1, 0.15) is 20.0 Å². The third-order valence-corrected chi connectivity index (χ3v) is 5.51. The van der Waals surface area contributed by atoms with Crippen molar-refractivity contribution in [2.75, 3.05) is 12.4 Å². The van der Waals surface area contributed by atoms with Gasteiger partial charge in [-0.3, -0.25) is 4.79 Å². The van der Waals surface area contributed by atoms with Gasteiger partial charge in [-0.25, -0.2) is 4.79 Å². The van der Waals surface area contributed by atoms with Crippen molar-refractivity contribution in [2.24, 2.45) is 0 Å². The molecule has 0 radical (unpaired) electrons. The van der Waals surface area contributed by atoms with Gasteiger partial charge in [-0.15, -0.1) is 11.3 Å². The molecule has 0 aliphatic rings. The van der Waals surface area contributed by atoms with E-state index in [4.69, 9.17) is 4.74 Å². The van der Waals surface area contributed by atoms with Gasteiger partial charge < -0.3 is 10.1 Å². The van der Waals surface area contributed by atoms with Gasteiger partial charge in [0.15, 0.2) is 0 Å². The molecule has 1 amide bonds. The fourth-order valence-electron chi connectivity index (χ4n) is 2.97. The number of benzene rings is 3. The van der Waals surface area contributed by atoms with E-state index in [1.807, 2.05) is 72.8 Å². The molecule has 4 nitrogen and oxygen atoms in total. The number of hydrogen-bond donors (Lipinski definition) is 1. The molecule has 0 aliphatic carbocycles. The second kappa shape index (κ2) is 7.66. The zero-order valence-electron chi connectivity index (χ0n) is 15.1. The van der Waals surface area contributed by atoms with Gasteiger partial charge in [-0.2, -0.15) is 0 Å². The van der Waals surface area contributed by atoms with Gasteiger partial charge in [0.1, 0.15) is 4.88 Å². The summed E-state index contributed by atoms with van der Waals surface area (Å²) >= 11 is 1.37. The van der Waals surface area contributed by atoms with Gasteiger partial charge in [-0.05, 0) is 52.9 Å². The Morgan fingerprint density at radius 3 is 2.29 bits per heavy atom. The van der Waals surface area contributed by atoms with Crippen LogP contribution in [-0.2, 0) is 4.74 Å². The fourth-order valence-corrected chi connectivity index (χ4v) is 3.93. The minimum atomic E-state index is -0.356. The molecule has 4 aromatic rings. The highest BCUT2D eigenvalue weighted by atomic mass is 32.1. The maximum Gasteiger partial charge on any atom is 0.348 e. The largest absolute Gasteiger partial charge is 0.465 e. The molecule has 0 unspecified atom stereocenters. The van der Waals surface area contributed by atoms with Crippen LogP contribution in [0.4, 0.5) is 5.69 Å². The van der Waals surface area contributed by atoms with E-state index in [0.717, 1.165) is 21.2 Å². The van der Waals surface area contributed by atoms with Crippen LogP contribution < -0.4 is 5.32 Å². The predicted octanol–water partition coefficient (Wildman–Crippen LogP) is 5.61. The molecule has 1 N–H and O–H groups in total. The Balaban J connectivity index is 1.52. The van der Waals surface area contributed by atoms with E-state index >= 15 is 0 Å². The number of carbonyl (C=O) groups is 2. The number of rotatable bonds is 4. The smallest absolute Gasteiger partial charge is 0.348 e. The SMILES string of the molecule is COC(=O)c1cc2cc(NC(=O)c3ccc(-c4ccccc4)cc3)ccc2s1. The summed E-state index contributed by atoms with van der Waals surface area (Å²) in [6.07, 6.45) is 0. The quantitative estimate of drug-likeness (QED) is 0.463. The van der Waals surface area contributed by atoms with Crippen molar-refractivity contribution in [1.82, 2.24) is 0 Å². The van der Waals surface area contributed by atoms with E-state index in [2.05, 4.69) is 5.32 Å². The summed E-state index contributed by atoms with van der Waals surface area (Å²) in [4.78, 5) is 24.8. The molecule has 0 atom stereocenters. The van der Waals surface area contributed by atoms with Crippen LogP contribution in [0, 0.1) is 0 Å². The second-order valence-corrected chi connectivity index (χ2v) is 7.34. The van der Waals surface area contributed by atoms with Gasteiger partial charge in [0, 0.05) is 16.0 Å². The number of fused-ring (bicyclic) bond motifs is 1. The Bertz CT molecular complexity index is 1150. The Labute approximate surface area is 166 Å². The molecule has 5 heteroatoms. The minimum absolute atomic E-state index is 0.178. The van der Waals surface area contributed by atoms with E-state index in [0.29, 0.717) is 16.1 Å². The molecule has 28 heavy (non-hydrogen) atoms. The molecule has 0 spiro atoms. The van der Waals surface area contributed by atoms with E-state index in [1.54, 1.807) is 6.07 Å². The standard InChI is InChI=1S/C23H17NO3S/c1-27-23(26)21-14-18-13-19(11-12-20(18)28-21)24-22(25)17-9-7-16(8-10-17)15-5-3-2-4-6-15/h2-14H,1H3,(H,24,25). The van der Waals surface area contributed by atoms with E-state index < -0.39 is 0 Å². The Morgan fingerprint density at radius 2 is 1.57 bits per heavy atom. The molecule has 1 aromatic heterocycles. The maximum atomic E-state index is 12.6. The Kier molecular flexibility index (Phi) is 4.91. The van der Waals surface area contributed by atoms with Gasteiger partial charge >= 0.3 is 5.97 Å². The van der Waals surface area contributed by atoms with Crippen LogP contribution in [-0.4, -0.2) is 19.0 Å². The fraction of sp³-hybridized carbons (Fsp3) is 0.0435. The van der Waals surface area contributed by atoms with Crippen molar-refractivity contribution in [3.63, 3.8) is 0 Å². The van der Waals surface area contributed by atoms with E-state index in [9.17, 15) is 9.59 Å². The summed E-state index contributed by atoms with van der Waals surface area (Å²) in [5.41, 5.74) is 3.44. The van der Waals surface area contributed by atoms with Crippen molar-refractivity contribution in [3.05, 3.63) is 89.3 Å². The summed E-state index contributed by atoms with van der Waals surface area (Å²) in [6.45, 7) is 0. The van der Waals surface area contributed by atoms with Crippen LogP contribution in [0.15, 0.2) is 78.9 Å². The minimum Gasteiger partial charge on any atom is -0.465 e. The van der Waals surface area contributed by atoms with Crippen LogP contribution in [0.2, 0.25) is 0 Å². The molecule has 1 heterocycles. The van der Waals surface area contributed by atoms with Crippen LogP contribution in [0.25, 0.3) is 21.2 Å². The summed E-state index contributed by atoms with van der Waals surface area (Å²) in [5, 5.41) is 3.80. The zero-order chi connectivity index (χ0) is 19.5. The van der Waals surface area contributed by atoms with Gasteiger partial charge in [0.2, 0.25) is 0 Å². The van der Waals surface area contributed by atoms with Crippen molar-refractivity contribution in [3.8, 4) is 11.1 Å². The lowest BCUT2D eigenvalue weighted by Gasteiger charge is -2.07. The molecule has 0 aliphatic heterocycles. The number of anilines is 1. The maximum absolute atomic E-state index is 12.6. The summed E-state index contributed by atoms with van der Waals surface area (Å²) in [7, 11) is 1.36. The molecule has 0 fully saturated rings. The lowest BCUT2D eigenvalue weighted by molar-refractivity contribution is 0.0606. The number of ether oxygens (including phenoxy) is 1. The number of esters is 1. The van der Waals surface area contributed by atoms with E-state index in [1.165, 1.54) is 18.4 Å².